The lowest BCUT2D eigenvalue weighted by Gasteiger charge is -2.08. The summed E-state index contributed by atoms with van der Waals surface area (Å²) in [6.07, 6.45) is 1.42. The molecular weight excluding hydrogens is 320 g/mol. The van der Waals surface area contributed by atoms with Crippen molar-refractivity contribution < 1.29 is 4.79 Å². The Hall–Kier alpha value is -1.59. The highest BCUT2D eigenvalue weighted by molar-refractivity contribution is 9.10. The molecule has 0 aliphatic rings. The minimum atomic E-state index is -0.371. The van der Waals surface area contributed by atoms with Crippen LogP contribution in [0.1, 0.15) is 10.4 Å². The quantitative estimate of drug-likeness (QED) is 0.890. The Morgan fingerprint density at radius 2 is 2.11 bits per heavy atom. The van der Waals surface area contributed by atoms with Crippen LogP contribution in [-0.4, -0.2) is 10.9 Å². The van der Waals surface area contributed by atoms with Crippen LogP contribution in [0.25, 0.3) is 0 Å². The summed E-state index contributed by atoms with van der Waals surface area (Å²) in [6, 6.07) is 7.89. The number of hydrogen-bond donors (Lipinski definition) is 2. The average molecular weight is 328 g/mol. The fraction of sp³-hybridized carbons (Fsp3) is 0. The van der Waals surface area contributed by atoms with Crippen LogP contribution in [0, 0.1) is 0 Å². The number of aromatic amines is 1. The molecule has 0 radical (unpaired) electrons. The number of carbonyl (C=O) groups excluding carboxylic acids is 1. The standard InChI is InChI=1S/C12H8BrClN2O2/c13-11-8(14)2-1-3-9(11)16-12(18)7-4-5-15-10(17)6-7/h1-6H,(H,15,17)(H,16,18). The molecule has 1 aromatic carbocycles. The van der Waals surface area contributed by atoms with E-state index in [9.17, 15) is 9.59 Å². The monoisotopic (exact) mass is 326 g/mol. The van der Waals surface area contributed by atoms with Crippen LogP contribution < -0.4 is 10.9 Å². The maximum absolute atomic E-state index is 11.9. The number of benzene rings is 1. The molecular formula is C12H8BrClN2O2. The van der Waals surface area contributed by atoms with Gasteiger partial charge in [0, 0.05) is 17.8 Å². The lowest BCUT2D eigenvalue weighted by atomic mass is 10.2. The van der Waals surface area contributed by atoms with Gasteiger partial charge in [-0.1, -0.05) is 17.7 Å². The summed E-state index contributed by atoms with van der Waals surface area (Å²) in [5, 5.41) is 3.17. The first-order chi connectivity index (χ1) is 8.58. The van der Waals surface area contributed by atoms with Crippen molar-refractivity contribution in [3.8, 4) is 0 Å². The molecule has 0 aliphatic carbocycles. The third-order valence-corrected chi connectivity index (χ3v) is 3.63. The number of H-pyrrole nitrogens is 1. The Bertz CT molecular complexity index is 655. The maximum atomic E-state index is 11.9. The molecule has 92 valence electrons. The fourth-order valence-corrected chi connectivity index (χ4v) is 1.92. The molecule has 18 heavy (non-hydrogen) atoms. The normalized spacial score (nSPS) is 10.1. The molecule has 0 fully saturated rings. The highest BCUT2D eigenvalue weighted by Gasteiger charge is 2.10. The Balaban J connectivity index is 2.27. The number of hydrogen-bond acceptors (Lipinski definition) is 2. The van der Waals surface area contributed by atoms with Crippen molar-refractivity contribution >= 4 is 39.1 Å². The predicted octanol–water partition coefficient (Wildman–Crippen LogP) is 3.04. The third kappa shape index (κ3) is 2.80. The molecule has 2 N–H and O–H groups in total. The van der Waals surface area contributed by atoms with Crippen LogP contribution in [0.4, 0.5) is 5.69 Å². The van der Waals surface area contributed by atoms with Gasteiger partial charge < -0.3 is 10.3 Å². The van der Waals surface area contributed by atoms with Crippen molar-refractivity contribution in [2.24, 2.45) is 0 Å². The molecule has 1 amide bonds. The van der Waals surface area contributed by atoms with Crippen LogP contribution in [0.15, 0.2) is 45.8 Å². The van der Waals surface area contributed by atoms with Crippen molar-refractivity contribution in [1.29, 1.82) is 0 Å². The molecule has 1 aromatic heterocycles. The summed E-state index contributed by atoms with van der Waals surface area (Å²) < 4.78 is 0.602. The lowest BCUT2D eigenvalue weighted by molar-refractivity contribution is 0.102. The smallest absolute Gasteiger partial charge is 0.255 e. The van der Waals surface area contributed by atoms with E-state index < -0.39 is 0 Å². The first-order valence-electron chi connectivity index (χ1n) is 5.02. The van der Waals surface area contributed by atoms with Crippen molar-refractivity contribution in [3.05, 3.63) is 61.9 Å². The van der Waals surface area contributed by atoms with E-state index in [0.717, 1.165) is 0 Å². The van der Waals surface area contributed by atoms with Crippen LogP contribution >= 0.6 is 27.5 Å². The van der Waals surface area contributed by atoms with E-state index in [-0.39, 0.29) is 17.0 Å². The van der Waals surface area contributed by atoms with Gasteiger partial charge in [0.15, 0.2) is 0 Å². The molecule has 1 heterocycles. The summed E-state index contributed by atoms with van der Waals surface area (Å²) in [5.74, 6) is -0.371. The molecule has 0 atom stereocenters. The second kappa shape index (κ2) is 5.37. The van der Waals surface area contributed by atoms with E-state index >= 15 is 0 Å². The summed E-state index contributed by atoms with van der Waals surface area (Å²) in [4.78, 5) is 25.4. The van der Waals surface area contributed by atoms with Gasteiger partial charge >= 0.3 is 0 Å². The minimum absolute atomic E-state index is 0.283. The number of anilines is 1. The van der Waals surface area contributed by atoms with Gasteiger partial charge in [0.05, 0.1) is 15.2 Å². The van der Waals surface area contributed by atoms with Crippen molar-refractivity contribution in [2.75, 3.05) is 5.32 Å². The number of amides is 1. The van der Waals surface area contributed by atoms with Crippen LogP contribution in [-0.2, 0) is 0 Å². The van der Waals surface area contributed by atoms with Crippen molar-refractivity contribution in [2.45, 2.75) is 0 Å². The Kier molecular flexibility index (Phi) is 3.84. The van der Waals surface area contributed by atoms with Crippen molar-refractivity contribution in [3.63, 3.8) is 0 Å². The number of halogens is 2. The number of nitrogens with one attached hydrogen (secondary N) is 2. The molecule has 0 saturated carbocycles. The molecule has 0 unspecified atom stereocenters. The summed E-state index contributed by atoms with van der Waals surface area (Å²) in [7, 11) is 0. The van der Waals surface area contributed by atoms with Crippen LogP contribution in [0.2, 0.25) is 5.02 Å². The summed E-state index contributed by atoms with van der Waals surface area (Å²) in [6.45, 7) is 0. The van der Waals surface area contributed by atoms with E-state index in [1.165, 1.54) is 18.3 Å². The second-order valence-corrected chi connectivity index (χ2v) is 4.70. The van der Waals surface area contributed by atoms with Gasteiger partial charge in [-0.2, -0.15) is 0 Å². The Morgan fingerprint density at radius 1 is 1.33 bits per heavy atom. The zero-order valence-corrected chi connectivity index (χ0v) is 11.4. The number of aromatic nitrogens is 1. The Labute approximate surface area is 116 Å². The third-order valence-electron chi connectivity index (χ3n) is 2.24. The lowest BCUT2D eigenvalue weighted by Crippen LogP contribution is -2.15. The van der Waals surface area contributed by atoms with E-state index in [4.69, 9.17) is 11.6 Å². The largest absolute Gasteiger partial charge is 0.329 e. The topological polar surface area (TPSA) is 62.0 Å². The molecule has 2 rings (SSSR count). The summed E-state index contributed by atoms with van der Waals surface area (Å²) in [5.41, 5.74) is 0.506. The van der Waals surface area contributed by atoms with Gasteiger partial charge in [-0.25, -0.2) is 0 Å². The van der Waals surface area contributed by atoms with E-state index in [0.29, 0.717) is 15.2 Å². The van der Waals surface area contributed by atoms with Gasteiger partial charge in [0.25, 0.3) is 5.91 Å². The van der Waals surface area contributed by atoms with E-state index in [1.807, 2.05) is 0 Å². The Morgan fingerprint density at radius 3 is 2.83 bits per heavy atom. The number of pyridine rings is 1. The van der Waals surface area contributed by atoms with E-state index in [2.05, 4.69) is 26.2 Å². The predicted molar refractivity (Wildman–Crippen MR) is 74.2 cm³/mol. The van der Waals surface area contributed by atoms with Gasteiger partial charge in [0.2, 0.25) is 5.56 Å². The zero-order chi connectivity index (χ0) is 13.1. The molecule has 2 aromatic rings. The van der Waals surface area contributed by atoms with Gasteiger partial charge in [-0.05, 0) is 34.1 Å². The maximum Gasteiger partial charge on any atom is 0.255 e. The number of carbonyl (C=O) groups is 1. The molecule has 0 spiro atoms. The average Bonchev–Trinajstić information content (AvgIpc) is 2.35. The molecule has 0 aliphatic heterocycles. The number of rotatable bonds is 2. The van der Waals surface area contributed by atoms with Gasteiger partial charge in [-0.15, -0.1) is 0 Å². The molecule has 0 bridgehead atoms. The highest BCUT2D eigenvalue weighted by atomic mass is 79.9. The SMILES string of the molecule is O=C(Nc1cccc(Cl)c1Br)c1cc[nH]c(=O)c1. The highest BCUT2D eigenvalue weighted by Crippen LogP contribution is 2.30. The zero-order valence-electron chi connectivity index (χ0n) is 9.04. The second-order valence-electron chi connectivity index (χ2n) is 3.50. The first kappa shape index (κ1) is 12.9. The molecule has 4 nitrogen and oxygen atoms in total. The van der Waals surface area contributed by atoms with Gasteiger partial charge in [-0.3, -0.25) is 9.59 Å². The van der Waals surface area contributed by atoms with E-state index in [1.54, 1.807) is 18.2 Å². The van der Waals surface area contributed by atoms with Crippen molar-refractivity contribution in [1.82, 2.24) is 4.98 Å². The van der Waals surface area contributed by atoms with Crippen LogP contribution in [0.5, 0.6) is 0 Å². The van der Waals surface area contributed by atoms with Crippen LogP contribution in [0.3, 0.4) is 0 Å². The first-order valence-corrected chi connectivity index (χ1v) is 6.19. The van der Waals surface area contributed by atoms with Gasteiger partial charge in [0.1, 0.15) is 0 Å². The molecule has 6 heteroatoms. The minimum Gasteiger partial charge on any atom is -0.329 e. The summed E-state index contributed by atoms with van der Waals surface area (Å²) >= 11 is 9.20. The fourth-order valence-electron chi connectivity index (χ4n) is 1.38. The molecule has 0 saturated heterocycles.